The summed E-state index contributed by atoms with van der Waals surface area (Å²) in [6.07, 6.45) is -3.58. The van der Waals surface area contributed by atoms with Gasteiger partial charge in [-0.05, 0) is 29.3 Å². The molecule has 2 N–H and O–H groups in total. The Balaban J connectivity index is 1.55. The van der Waals surface area contributed by atoms with E-state index in [1.54, 1.807) is 18.2 Å². The van der Waals surface area contributed by atoms with Crippen molar-refractivity contribution in [2.24, 2.45) is 0 Å². The van der Waals surface area contributed by atoms with Crippen molar-refractivity contribution in [1.82, 2.24) is 4.98 Å². The summed E-state index contributed by atoms with van der Waals surface area (Å²) in [5, 5.41) is 9.60. The monoisotopic (exact) mass is 395 g/mol. The van der Waals surface area contributed by atoms with E-state index in [1.165, 1.54) is 6.07 Å². The Labute approximate surface area is 156 Å². The molecule has 0 unspecified atom stereocenters. The molecule has 0 saturated carbocycles. The predicted molar refractivity (Wildman–Crippen MR) is 96.5 cm³/mol. The van der Waals surface area contributed by atoms with Gasteiger partial charge in [-0.1, -0.05) is 41.7 Å². The molecule has 2 aromatic carbocycles. The zero-order valence-electron chi connectivity index (χ0n) is 14.0. The van der Waals surface area contributed by atoms with Crippen LogP contribution in [0.4, 0.5) is 13.2 Å². The normalized spacial score (nSPS) is 11.5. The fourth-order valence-electron chi connectivity index (χ4n) is 2.55. The van der Waals surface area contributed by atoms with Crippen LogP contribution in [-0.4, -0.2) is 16.7 Å². The number of ether oxygens (including phenoxy) is 1. The second-order valence-electron chi connectivity index (χ2n) is 5.90. The first-order valence-corrected chi connectivity index (χ1v) is 8.92. The van der Waals surface area contributed by atoms with Gasteiger partial charge in [-0.25, -0.2) is 0 Å². The summed E-state index contributed by atoms with van der Waals surface area (Å²) in [6.45, 7) is 0.251. The molecule has 0 spiro atoms. The van der Waals surface area contributed by atoms with E-state index < -0.39 is 11.7 Å². The molecule has 0 fully saturated rings. The average molecular weight is 395 g/mol. The Kier molecular flexibility index (Phi) is 5.55. The van der Waals surface area contributed by atoms with Crippen LogP contribution in [0.5, 0.6) is 11.6 Å². The minimum Gasteiger partial charge on any atom is -0.494 e. The van der Waals surface area contributed by atoms with E-state index in [-0.39, 0.29) is 17.4 Å². The molecular formula is C19H16F3NO3S. The van der Waals surface area contributed by atoms with Gasteiger partial charge in [0.15, 0.2) is 0 Å². The molecule has 3 aromatic rings. The van der Waals surface area contributed by atoms with Crippen LogP contribution in [0.2, 0.25) is 0 Å². The van der Waals surface area contributed by atoms with Gasteiger partial charge in [-0.2, -0.15) is 13.2 Å². The van der Waals surface area contributed by atoms with Crippen molar-refractivity contribution in [3.63, 3.8) is 0 Å². The number of aromatic nitrogens is 1. The summed E-state index contributed by atoms with van der Waals surface area (Å²) < 4.78 is 43.7. The molecule has 0 amide bonds. The van der Waals surface area contributed by atoms with Crippen molar-refractivity contribution in [2.45, 2.75) is 19.0 Å². The molecule has 4 nitrogen and oxygen atoms in total. The lowest BCUT2D eigenvalue weighted by molar-refractivity contribution is -0.137. The molecule has 8 heteroatoms. The third kappa shape index (κ3) is 5.13. The number of H-pyrrole nitrogens is 1. The van der Waals surface area contributed by atoms with E-state index in [2.05, 4.69) is 4.98 Å². The first kappa shape index (κ1) is 19.0. The van der Waals surface area contributed by atoms with Crippen LogP contribution in [0.1, 0.15) is 21.6 Å². The maximum atomic E-state index is 12.7. The summed E-state index contributed by atoms with van der Waals surface area (Å²) >= 11 is 0.955. The number of rotatable bonds is 6. The largest absolute Gasteiger partial charge is 0.494 e. The van der Waals surface area contributed by atoms with Crippen LogP contribution >= 0.6 is 11.3 Å². The summed E-state index contributed by atoms with van der Waals surface area (Å²) in [4.78, 5) is 13.8. The van der Waals surface area contributed by atoms with E-state index in [0.717, 1.165) is 29.0 Å². The van der Waals surface area contributed by atoms with Gasteiger partial charge in [0.25, 0.3) is 0 Å². The van der Waals surface area contributed by atoms with Crippen molar-refractivity contribution in [3.8, 4) is 11.6 Å². The number of alkyl halides is 3. The van der Waals surface area contributed by atoms with Crippen LogP contribution in [0.3, 0.4) is 0 Å². The van der Waals surface area contributed by atoms with Crippen molar-refractivity contribution in [3.05, 3.63) is 79.8 Å². The van der Waals surface area contributed by atoms with Gasteiger partial charge in [0, 0.05) is 12.8 Å². The van der Waals surface area contributed by atoms with Crippen molar-refractivity contribution in [1.29, 1.82) is 0 Å². The fraction of sp³-hybridized carbons (Fsp3) is 0.211. The average Bonchev–Trinajstić information content (AvgIpc) is 2.93. The number of aromatic hydroxyl groups is 1. The van der Waals surface area contributed by atoms with Crippen LogP contribution in [0, 0.1) is 0 Å². The smallest absolute Gasteiger partial charge is 0.416 e. The Hall–Kier alpha value is -2.74. The van der Waals surface area contributed by atoms with Gasteiger partial charge < -0.3 is 9.84 Å². The third-order valence-electron chi connectivity index (χ3n) is 3.90. The first-order chi connectivity index (χ1) is 12.8. The molecule has 0 aliphatic carbocycles. The molecule has 0 aliphatic rings. The SMILES string of the molecule is O=c1[nH]c(O)c(Cc2ccc(OCCc3cccc(C(F)(F)F)c3)cc2)s1. The quantitative estimate of drug-likeness (QED) is 0.651. The lowest BCUT2D eigenvalue weighted by atomic mass is 10.1. The second kappa shape index (κ2) is 7.87. The molecule has 1 aromatic heterocycles. The highest BCUT2D eigenvalue weighted by Crippen LogP contribution is 2.29. The molecule has 0 atom stereocenters. The highest BCUT2D eigenvalue weighted by molar-refractivity contribution is 7.09. The Bertz CT molecular complexity index is 961. The minimum atomic E-state index is -4.35. The number of halogens is 3. The molecule has 3 rings (SSSR count). The molecular weight excluding hydrogens is 379 g/mol. The highest BCUT2D eigenvalue weighted by Gasteiger charge is 2.30. The van der Waals surface area contributed by atoms with Crippen LogP contribution in [-0.2, 0) is 19.0 Å². The van der Waals surface area contributed by atoms with E-state index >= 15 is 0 Å². The van der Waals surface area contributed by atoms with Crippen LogP contribution in [0.15, 0.2) is 53.3 Å². The number of thiazole rings is 1. The first-order valence-electron chi connectivity index (χ1n) is 8.10. The van der Waals surface area contributed by atoms with E-state index in [4.69, 9.17) is 4.74 Å². The molecule has 0 bridgehead atoms. The molecule has 0 aliphatic heterocycles. The number of aromatic amines is 1. The van der Waals surface area contributed by atoms with E-state index in [1.807, 2.05) is 12.1 Å². The molecule has 0 radical (unpaired) electrons. The fourth-order valence-corrected chi connectivity index (χ4v) is 3.31. The van der Waals surface area contributed by atoms with Crippen LogP contribution in [0.25, 0.3) is 0 Å². The van der Waals surface area contributed by atoms with Gasteiger partial charge in [-0.15, -0.1) is 0 Å². The van der Waals surface area contributed by atoms with Gasteiger partial charge in [0.1, 0.15) is 5.75 Å². The van der Waals surface area contributed by atoms with E-state index in [9.17, 15) is 23.1 Å². The number of nitrogens with one attached hydrogen (secondary N) is 1. The van der Waals surface area contributed by atoms with Gasteiger partial charge in [-0.3, -0.25) is 9.78 Å². The van der Waals surface area contributed by atoms with Crippen LogP contribution < -0.4 is 9.61 Å². The number of benzene rings is 2. The Morgan fingerprint density at radius 3 is 2.44 bits per heavy atom. The lowest BCUT2D eigenvalue weighted by Gasteiger charge is -2.10. The standard InChI is InChI=1S/C19H16F3NO3S/c20-19(21,22)14-3-1-2-12(10-14)8-9-26-15-6-4-13(5-7-15)11-16-17(24)23-18(25)27-16/h1-7,10,24H,8-9,11H2,(H,23,25). The zero-order valence-corrected chi connectivity index (χ0v) is 14.9. The molecule has 0 saturated heterocycles. The summed E-state index contributed by atoms with van der Waals surface area (Å²) in [6, 6.07) is 12.3. The van der Waals surface area contributed by atoms with Gasteiger partial charge in [0.05, 0.1) is 17.0 Å². The third-order valence-corrected chi connectivity index (χ3v) is 4.77. The number of hydrogen-bond donors (Lipinski definition) is 2. The number of hydrogen-bond acceptors (Lipinski definition) is 4. The van der Waals surface area contributed by atoms with E-state index in [0.29, 0.717) is 29.0 Å². The van der Waals surface area contributed by atoms with Crippen molar-refractivity contribution < 1.29 is 23.0 Å². The molecule has 1 heterocycles. The summed E-state index contributed by atoms with van der Waals surface area (Å²) in [7, 11) is 0. The minimum absolute atomic E-state index is 0.119. The van der Waals surface area contributed by atoms with Crippen molar-refractivity contribution in [2.75, 3.05) is 6.61 Å². The van der Waals surface area contributed by atoms with Gasteiger partial charge >= 0.3 is 11.0 Å². The maximum Gasteiger partial charge on any atom is 0.416 e. The maximum absolute atomic E-state index is 12.7. The molecule has 27 heavy (non-hydrogen) atoms. The Morgan fingerprint density at radius 2 is 1.81 bits per heavy atom. The highest BCUT2D eigenvalue weighted by atomic mass is 32.1. The summed E-state index contributed by atoms with van der Waals surface area (Å²) in [5.41, 5.74) is 0.782. The summed E-state index contributed by atoms with van der Waals surface area (Å²) in [5.74, 6) is 0.476. The Morgan fingerprint density at radius 1 is 1.07 bits per heavy atom. The topological polar surface area (TPSA) is 62.3 Å². The second-order valence-corrected chi connectivity index (χ2v) is 6.97. The molecule has 142 valence electrons. The zero-order chi connectivity index (χ0) is 19.4. The van der Waals surface area contributed by atoms with Crippen molar-refractivity contribution >= 4 is 11.3 Å². The predicted octanol–water partition coefficient (Wildman–Crippen LogP) is 4.37. The lowest BCUT2D eigenvalue weighted by Crippen LogP contribution is -2.07. The van der Waals surface area contributed by atoms with Gasteiger partial charge in [0.2, 0.25) is 5.88 Å².